The minimum absolute atomic E-state index is 0.112. The van der Waals surface area contributed by atoms with Gasteiger partial charge in [-0.3, -0.25) is 0 Å². The van der Waals surface area contributed by atoms with Gasteiger partial charge in [-0.1, -0.05) is 23.8 Å². The lowest BCUT2D eigenvalue weighted by molar-refractivity contribution is 0.259. The van der Waals surface area contributed by atoms with Crippen LogP contribution in [0.5, 0.6) is 0 Å². The van der Waals surface area contributed by atoms with Gasteiger partial charge in [0.05, 0.1) is 9.79 Å². The van der Waals surface area contributed by atoms with Crippen molar-refractivity contribution in [3.63, 3.8) is 0 Å². The Morgan fingerprint density at radius 2 is 1.57 bits per heavy atom. The predicted molar refractivity (Wildman–Crippen MR) is 81.0 cm³/mol. The van der Waals surface area contributed by atoms with Gasteiger partial charge < -0.3 is 11.1 Å². The molecule has 2 aromatic rings. The topological polar surface area (TPSA) is 89.3 Å². The predicted octanol–water partition coefficient (Wildman–Crippen LogP) is 2.63. The Balaban J connectivity index is 2.50. The fourth-order valence-corrected chi connectivity index (χ4v) is 3.18. The van der Waals surface area contributed by atoms with E-state index in [0.29, 0.717) is 5.69 Å². The summed E-state index contributed by atoms with van der Waals surface area (Å²) in [4.78, 5) is 11.3. The number of nitrogens with one attached hydrogen (secondary N) is 1. The van der Waals surface area contributed by atoms with Crippen molar-refractivity contribution in [1.82, 2.24) is 0 Å². The highest BCUT2D eigenvalue weighted by molar-refractivity contribution is 7.91. The Kier molecular flexibility index (Phi) is 3.99. The molecule has 21 heavy (non-hydrogen) atoms. The summed E-state index contributed by atoms with van der Waals surface area (Å²) in [6.07, 6.45) is 0. The number of amides is 2. The van der Waals surface area contributed by atoms with Gasteiger partial charge in [0.1, 0.15) is 0 Å². The maximum Gasteiger partial charge on any atom is 0.316 e. The number of benzene rings is 2. The van der Waals surface area contributed by atoms with E-state index < -0.39 is 15.9 Å². The number of sulfone groups is 1. The fourth-order valence-electron chi connectivity index (χ4n) is 1.89. The largest absolute Gasteiger partial charge is 0.351 e. The highest BCUT2D eigenvalue weighted by Crippen LogP contribution is 2.25. The average molecular weight is 304 g/mol. The van der Waals surface area contributed by atoms with Gasteiger partial charge >= 0.3 is 6.03 Å². The molecule has 0 aliphatic rings. The van der Waals surface area contributed by atoms with Gasteiger partial charge in [-0.2, -0.15) is 0 Å². The summed E-state index contributed by atoms with van der Waals surface area (Å²) in [5.74, 6) is 0. The first-order valence-corrected chi connectivity index (χ1v) is 7.78. The first kappa shape index (κ1) is 15.1. The molecule has 0 radical (unpaired) electrons. The summed E-state index contributed by atoms with van der Waals surface area (Å²) >= 11 is 0. The van der Waals surface area contributed by atoms with Crippen LogP contribution in [0.15, 0.2) is 52.3 Å². The molecule has 0 spiro atoms. The first-order valence-electron chi connectivity index (χ1n) is 6.29. The smallest absolute Gasteiger partial charge is 0.316 e. The van der Waals surface area contributed by atoms with Crippen molar-refractivity contribution in [3.8, 4) is 0 Å². The van der Waals surface area contributed by atoms with Gasteiger partial charge in [-0.15, -0.1) is 0 Å². The second-order valence-electron chi connectivity index (χ2n) is 4.78. The maximum atomic E-state index is 12.6. The molecule has 3 N–H and O–H groups in total. The van der Waals surface area contributed by atoms with Crippen LogP contribution in [0.2, 0.25) is 0 Å². The van der Waals surface area contributed by atoms with Crippen molar-refractivity contribution >= 4 is 21.6 Å². The lowest BCUT2D eigenvalue weighted by atomic mass is 10.2. The molecule has 2 rings (SSSR count). The van der Waals surface area contributed by atoms with Crippen molar-refractivity contribution in [1.29, 1.82) is 0 Å². The minimum atomic E-state index is -3.62. The van der Waals surface area contributed by atoms with Crippen LogP contribution in [-0.2, 0) is 9.84 Å². The normalized spacial score (nSPS) is 11.1. The number of urea groups is 1. The zero-order valence-corrected chi connectivity index (χ0v) is 12.6. The third-order valence-corrected chi connectivity index (χ3v) is 4.88. The van der Waals surface area contributed by atoms with Gasteiger partial charge in [0.2, 0.25) is 9.84 Å². The molecule has 0 aromatic heterocycles. The highest BCUT2D eigenvalue weighted by atomic mass is 32.2. The molecule has 6 heteroatoms. The van der Waals surface area contributed by atoms with Crippen LogP contribution >= 0.6 is 0 Å². The van der Waals surface area contributed by atoms with Gasteiger partial charge in [0.25, 0.3) is 0 Å². The van der Waals surface area contributed by atoms with Crippen molar-refractivity contribution in [2.45, 2.75) is 23.6 Å². The molecule has 0 aliphatic carbocycles. The third kappa shape index (κ3) is 3.22. The molecule has 0 aliphatic heterocycles. The minimum Gasteiger partial charge on any atom is -0.351 e. The van der Waals surface area contributed by atoms with E-state index in [-0.39, 0.29) is 9.79 Å². The standard InChI is InChI=1S/C15H16N2O3S/c1-10-3-6-12(7-4-10)21(19,20)13-8-5-11(2)14(9-13)17-15(16)18/h3-9H,1-2H3,(H3,16,17,18). The summed E-state index contributed by atoms with van der Waals surface area (Å²) < 4.78 is 25.1. The first-order chi connectivity index (χ1) is 9.80. The van der Waals surface area contributed by atoms with Crippen LogP contribution in [0.1, 0.15) is 11.1 Å². The molecule has 0 saturated heterocycles. The Hall–Kier alpha value is -2.34. The monoisotopic (exact) mass is 304 g/mol. The molecule has 0 heterocycles. The zero-order valence-electron chi connectivity index (χ0n) is 11.8. The summed E-state index contributed by atoms with van der Waals surface area (Å²) in [5, 5.41) is 2.42. The van der Waals surface area contributed by atoms with Crippen LogP contribution < -0.4 is 11.1 Å². The van der Waals surface area contributed by atoms with E-state index in [0.717, 1.165) is 11.1 Å². The Bertz CT molecular complexity index is 781. The van der Waals surface area contributed by atoms with Gasteiger partial charge in [0, 0.05) is 5.69 Å². The van der Waals surface area contributed by atoms with E-state index >= 15 is 0 Å². The summed E-state index contributed by atoms with van der Waals surface area (Å²) in [5.41, 5.74) is 7.18. The number of hydrogen-bond acceptors (Lipinski definition) is 3. The van der Waals surface area contributed by atoms with Crippen LogP contribution in [0.3, 0.4) is 0 Å². The maximum absolute atomic E-state index is 12.6. The molecule has 0 saturated carbocycles. The van der Waals surface area contributed by atoms with Crippen molar-refractivity contribution in [2.24, 2.45) is 5.73 Å². The molecule has 0 unspecified atom stereocenters. The van der Waals surface area contributed by atoms with Crippen LogP contribution in [0.25, 0.3) is 0 Å². The summed E-state index contributed by atoms with van der Waals surface area (Å²) in [7, 11) is -3.62. The summed E-state index contributed by atoms with van der Waals surface area (Å²) in [6.45, 7) is 3.64. The molecule has 0 atom stereocenters. The quantitative estimate of drug-likeness (QED) is 0.913. The molecular weight excluding hydrogens is 288 g/mol. The number of carbonyl (C=O) groups excluding carboxylic acids is 1. The molecule has 2 amide bonds. The Labute approximate surface area is 123 Å². The van der Waals surface area contributed by atoms with Gasteiger partial charge in [0.15, 0.2) is 0 Å². The number of carbonyl (C=O) groups is 1. The van der Waals surface area contributed by atoms with Crippen molar-refractivity contribution in [2.75, 3.05) is 5.32 Å². The third-order valence-electron chi connectivity index (χ3n) is 3.11. The van der Waals surface area contributed by atoms with E-state index in [1.54, 1.807) is 37.3 Å². The zero-order chi connectivity index (χ0) is 15.6. The Morgan fingerprint density at radius 3 is 2.14 bits per heavy atom. The van der Waals surface area contributed by atoms with Crippen LogP contribution in [-0.4, -0.2) is 14.4 Å². The number of anilines is 1. The number of primary amides is 1. The molecule has 110 valence electrons. The number of hydrogen-bond donors (Lipinski definition) is 2. The van der Waals surface area contributed by atoms with Crippen LogP contribution in [0.4, 0.5) is 10.5 Å². The van der Waals surface area contributed by atoms with Crippen molar-refractivity contribution < 1.29 is 13.2 Å². The number of rotatable bonds is 3. The lowest BCUT2D eigenvalue weighted by Gasteiger charge is -2.10. The molecule has 0 bridgehead atoms. The van der Waals surface area contributed by atoms with E-state index in [1.807, 2.05) is 6.92 Å². The van der Waals surface area contributed by atoms with E-state index in [2.05, 4.69) is 5.32 Å². The Morgan fingerprint density at radius 1 is 1.00 bits per heavy atom. The second kappa shape index (κ2) is 5.57. The van der Waals surface area contributed by atoms with Gasteiger partial charge in [-0.05, 0) is 43.7 Å². The molecule has 2 aromatic carbocycles. The molecule has 0 fully saturated rings. The summed E-state index contributed by atoms with van der Waals surface area (Å²) in [6, 6.07) is 10.4. The lowest BCUT2D eigenvalue weighted by Crippen LogP contribution is -2.20. The average Bonchev–Trinajstić information content (AvgIpc) is 2.41. The number of aryl methyl sites for hydroxylation is 2. The van der Waals surface area contributed by atoms with E-state index in [1.165, 1.54) is 12.1 Å². The molecule has 5 nitrogen and oxygen atoms in total. The second-order valence-corrected chi connectivity index (χ2v) is 6.73. The molecular formula is C15H16N2O3S. The van der Waals surface area contributed by atoms with E-state index in [4.69, 9.17) is 5.73 Å². The number of nitrogens with two attached hydrogens (primary N) is 1. The van der Waals surface area contributed by atoms with Crippen LogP contribution in [0, 0.1) is 13.8 Å². The van der Waals surface area contributed by atoms with E-state index in [9.17, 15) is 13.2 Å². The highest BCUT2D eigenvalue weighted by Gasteiger charge is 2.18. The fraction of sp³-hybridized carbons (Fsp3) is 0.133. The SMILES string of the molecule is Cc1ccc(S(=O)(=O)c2ccc(C)c(NC(N)=O)c2)cc1. The van der Waals surface area contributed by atoms with Crippen molar-refractivity contribution in [3.05, 3.63) is 53.6 Å². The van der Waals surface area contributed by atoms with Gasteiger partial charge in [-0.25, -0.2) is 13.2 Å².